The Morgan fingerprint density at radius 2 is 1.50 bits per heavy atom. The van der Waals surface area contributed by atoms with Crippen LogP contribution in [0.3, 0.4) is 0 Å². The van der Waals surface area contributed by atoms with E-state index in [9.17, 15) is 0 Å². The lowest BCUT2D eigenvalue weighted by Crippen LogP contribution is -2.25. The topological polar surface area (TPSA) is 3.24 Å². The van der Waals surface area contributed by atoms with E-state index in [1.807, 2.05) is 0 Å². The maximum atomic E-state index is 2.48. The van der Waals surface area contributed by atoms with Crippen molar-refractivity contribution in [2.45, 2.75) is 47.5 Å². The number of rotatable bonds is 6. The van der Waals surface area contributed by atoms with Crippen molar-refractivity contribution in [1.82, 2.24) is 4.90 Å². The third-order valence-corrected chi connectivity index (χ3v) is 2.44. The molecule has 82 valence electrons. The number of nitrogens with zero attached hydrogens (tertiary/aromatic N) is 1. The molecule has 0 unspecified atom stereocenters. The maximum Gasteiger partial charge on any atom is 0.0349 e. The van der Waals surface area contributed by atoms with E-state index in [0.29, 0.717) is 0 Å². The first-order valence-electron chi connectivity index (χ1n) is 5.75. The fraction of sp³-hybridized carbons (Fsp3) is 0.692. The van der Waals surface area contributed by atoms with E-state index in [-0.39, 0.29) is 0 Å². The van der Waals surface area contributed by atoms with Crippen LogP contribution >= 0.6 is 0 Å². The normalized spacial score (nSPS) is 13.2. The number of allylic oxidation sites excluding steroid dienone is 3. The van der Waals surface area contributed by atoms with Crippen LogP contribution in [0.15, 0.2) is 23.4 Å². The molecule has 0 radical (unpaired) electrons. The summed E-state index contributed by atoms with van der Waals surface area (Å²) < 4.78 is 0. The average molecular weight is 195 g/mol. The van der Waals surface area contributed by atoms with Crippen LogP contribution in [-0.4, -0.2) is 18.0 Å². The van der Waals surface area contributed by atoms with Gasteiger partial charge in [0.1, 0.15) is 0 Å². The fourth-order valence-corrected chi connectivity index (χ4v) is 1.70. The highest BCUT2D eigenvalue weighted by Crippen LogP contribution is 2.15. The van der Waals surface area contributed by atoms with Crippen molar-refractivity contribution in [3.8, 4) is 0 Å². The van der Waals surface area contributed by atoms with Crippen LogP contribution in [0.25, 0.3) is 0 Å². The molecule has 0 saturated heterocycles. The van der Waals surface area contributed by atoms with Gasteiger partial charge in [-0.25, -0.2) is 0 Å². The Bertz CT molecular complexity index is 195. The first-order chi connectivity index (χ1) is 6.71. The van der Waals surface area contributed by atoms with E-state index in [0.717, 1.165) is 0 Å². The lowest BCUT2D eigenvalue weighted by molar-refractivity contribution is 0.349. The summed E-state index contributed by atoms with van der Waals surface area (Å²) in [5.41, 5.74) is 2.78. The maximum absolute atomic E-state index is 2.48. The van der Waals surface area contributed by atoms with Gasteiger partial charge >= 0.3 is 0 Å². The van der Waals surface area contributed by atoms with Crippen LogP contribution in [0.2, 0.25) is 0 Å². The van der Waals surface area contributed by atoms with Crippen molar-refractivity contribution in [3.63, 3.8) is 0 Å². The van der Waals surface area contributed by atoms with Crippen molar-refractivity contribution >= 4 is 0 Å². The Morgan fingerprint density at radius 1 is 1.00 bits per heavy atom. The van der Waals surface area contributed by atoms with Crippen molar-refractivity contribution in [3.05, 3.63) is 23.4 Å². The summed E-state index contributed by atoms with van der Waals surface area (Å²) in [6.07, 6.45) is 6.84. The molecule has 0 atom stereocenters. The molecule has 0 heterocycles. The highest BCUT2D eigenvalue weighted by molar-refractivity contribution is 5.26. The molecule has 0 bridgehead atoms. The Balaban J connectivity index is 4.59. The van der Waals surface area contributed by atoms with Crippen molar-refractivity contribution in [1.29, 1.82) is 0 Å². The summed E-state index contributed by atoms with van der Waals surface area (Å²) in [5.74, 6) is 0. The Hall–Kier alpha value is -0.720. The highest BCUT2D eigenvalue weighted by Gasteiger charge is 2.07. The standard InChI is InChI=1S/C13H25N/c1-6-10-14(11-7-2)13(9-4)12(5)8-3/h8-9H,6-7,10-11H2,1-5H3/b12-8-,13-9+. The molecule has 0 aliphatic rings. The predicted molar refractivity (Wildman–Crippen MR) is 65.3 cm³/mol. The summed E-state index contributed by atoms with van der Waals surface area (Å²) in [7, 11) is 0. The van der Waals surface area contributed by atoms with Crippen LogP contribution < -0.4 is 0 Å². The van der Waals surface area contributed by atoms with Crippen LogP contribution in [0.4, 0.5) is 0 Å². The summed E-state index contributed by atoms with van der Waals surface area (Å²) in [6.45, 7) is 13.2. The molecule has 0 aromatic heterocycles. The predicted octanol–water partition coefficient (Wildman–Crippen LogP) is 3.98. The van der Waals surface area contributed by atoms with Gasteiger partial charge in [0, 0.05) is 18.8 Å². The molecule has 0 amide bonds. The number of hydrogen-bond donors (Lipinski definition) is 0. The van der Waals surface area contributed by atoms with Gasteiger partial charge in [0.05, 0.1) is 0 Å². The second-order valence-corrected chi connectivity index (χ2v) is 3.63. The average Bonchev–Trinajstić information content (AvgIpc) is 2.19. The minimum absolute atomic E-state index is 1.17. The van der Waals surface area contributed by atoms with Crippen molar-refractivity contribution in [2.75, 3.05) is 13.1 Å². The minimum Gasteiger partial charge on any atom is -0.372 e. The van der Waals surface area contributed by atoms with Gasteiger partial charge in [0.25, 0.3) is 0 Å². The van der Waals surface area contributed by atoms with E-state index in [4.69, 9.17) is 0 Å². The molecule has 0 aliphatic heterocycles. The Labute approximate surface area is 89.5 Å². The quantitative estimate of drug-likeness (QED) is 0.579. The lowest BCUT2D eigenvalue weighted by atomic mass is 10.1. The summed E-state index contributed by atoms with van der Waals surface area (Å²) >= 11 is 0. The second kappa shape index (κ2) is 7.66. The van der Waals surface area contributed by atoms with Gasteiger partial charge in [0.2, 0.25) is 0 Å². The first-order valence-corrected chi connectivity index (χ1v) is 5.75. The molecule has 14 heavy (non-hydrogen) atoms. The molecule has 0 aromatic carbocycles. The largest absolute Gasteiger partial charge is 0.372 e. The van der Waals surface area contributed by atoms with E-state index in [2.05, 4.69) is 51.7 Å². The van der Waals surface area contributed by atoms with Gasteiger partial charge in [-0.1, -0.05) is 26.0 Å². The van der Waals surface area contributed by atoms with Crippen LogP contribution in [0.5, 0.6) is 0 Å². The summed E-state index contributed by atoms with van der Waals surface area (Å²) in [5, 5.41) is 0. The summed E-state index contributed by atoms with van der Waals surface area (Å²) in [4.78, 5) is 2.48. The fourth-order valence-electron chi connectivity index (χ4n) is 1.70. The third kappa shape index (κ3) is 3.99. The molecular weight excluding hydrogens is 170 g/mol. The lowest BCUT2D eigenvalue weighted by Gasteiger charge is -2.27. The Morgan fingerprint density at radius 3 is 1.79 bits per heavy atom. The smallest absolute Gasteiger partial charge is 0.0349 e. The SMILES string of the molecule is C/C=C(C)\C(=C/C)N(CCC)CCC. The molecular formula is C13H25N. The molecule has 0 fully saturated rings. The van der Waals surface area contributed by atoms with E-state index >= 15 is 0 Å². The molecule has 0 saturated carbocycles. The van der Waals surface area contributed by atoms with Crippen molar-refractivity contribution < 1.29 is 0 Å². The van der Waals surface area contributed by atoms with E-state index in [1.54, 1.807) is 0 Å². The van der Waals surface area contributed by atoms with Gasteiger partial charge in [0.15, 0.2) is 0 Å². The second-order valence-electron chi connectivity index (χ2n) is 3.63. The third-order valence-electron chi connectivity index (χ3n) is 2.44. The van der Waals surface area contributed by atoms with Crippen molar-refractivity contribution in [2.24, 2.45) is 0 Å². The van der Waals surface area contributed by atoms with Gasteiger partial charge in [-0.2, -0.15) is 0 Å². The molecule has 0 aromatic rings. The zero-order chi connectivity index (χ0) is 11.0. The highest BCUT2D eigenvalue weighted by atomic mass is 15.1. The van der Waals surface area contributed by atoms with Gasteiger partial charge in [-0.3, -0.25) is 0 Å². The monoisotopic (exact) mass is 195 g/mol. The molecule has 1 heteroatoms. The summed E-state index contributed by atoms with van der Waals surface area (Å²) in [6, 6.07) is 0. The van der Waals surface area contributed by atoms with E-state index < -0.39 is 0 Å². The molecule has 0 rings (SSSR count). The molecule has 0 N–H and O–H groups in total. The Kier molecular flexibility index (Phi) is 7.27. The zero-order valence-electron chi connectivity index (χ0n) is 10.4. The van der Waals surface area contributed by atoms with E-state index in [1.165, 1.54) is 37.2 Å². The minimum atomic E-state index is 1.17. The zero-order valence-corrected chi connectivity index (χ0v) is 10.4. The van der Waals surface area contributed by atoms with Gasteiger partial charge in [-0.05, 0) is 39.2 Å². The number of hydrogen-bond acceptors (Lipinski definition) is 1. The van der Waals surface area contributed by atoms with Crippen LogP contribution in [-0.2, 0) is 0 Å². The first kappa shape index (κ1) is 13.3. The molecule has 0 aliphatic carbocycles. The van der Waals surface area contributed by atoms with Gasteiger partial charge < -0.3 is 4.90 Å². The van der Waals surface area contributed by atoms with Gasteiger partial charge in [-0.15, -0.1) is 0 Å². The van der Waals surface area contributed by atoms with Crippen LogP contribution in [0.1, 0.15) is 47.5 Å². The molecule has 0 spiro atoms. The molecule has 1 nitrogen and oxygen atoms in total. The van der Waals surface area contributed by atoms with Crippen LogP contribution in [0, 0.1) is 0 Å².